The van der Waals surface area contributed by atoms with Crippen LogP contribution in [0.5, 0.6) is 0 Å². The smallest absolute Gasteiger partial charge is 0.0481 e. The van der Waals surface area contributed by atoms with Gasteiger partial charge in [-0.1, -0.05) is 6.92 Å². The quantitative estimate of drug-likeness (QED) is 0.583. The highest BCUT2D eigenvalue weighted by atomic mass is 32.2. The number of ether oxygens (including phenoxy) is 1. The summed E-state index contributed by atoms with van der Waals surface area (Å²) in [4.78, 5) is 0. The van der Waals surface area contributed by atoms with E-state index in [-0.39, 0.29) is 0 Å². The lowest BCUT2D eigenvalue weighted by Gasteiger charge is -2.16. The van der Waals surface area contributed by atoms with Gasteiger partial charge in [0.15, 0.2) is 0 Å². The molecule has 0 fully saturated rings. The Morgan fingerprint density at radius 2 is 2.15 bits per heavy atom. The zero-order valence-electron chi connectivity index (χ0n) is 9.14. The van der Waals surface area contributed by atoms with Crippen LogP contribution in [0, 0.1) is 0 Å². The highest BCUT2D eigenvalue weighted by Crippen LogP contribution is 2.02. The maximum atomic E-state index is 5.34. The SMILES string of the molecule is CCCNC(CCOCC)CSC. The molecule has 0 radical (unpaired) electrons. The number of thioether (sulfide) groups is 1. The highest BCUT2D eigenvalue weighted by Gasteiger charge is 2.05. The second-order valence-electron chi connectivity index (χ2n) is 3.09. The Morgan fingerprint density at radius 1 is 1.38 bits per heavy atom. The predicted octanol–water partition coefficient (Wildman–Crippen LogP) is 2.14. The molecule has 80 valence electrons. The van der Waals surface area contributed by atoms with E-state index in [1.54, 1.807) is 0 Å². The average molecular weight is 205 g/mol. The van der Waals surface area contributed by atoms with Gasteiger partial charge in [-0.3, -0.25) is 0 Å². The van der Waals surface area contributed by atoms with Crippen LogP contribution in [-0.4, -0.2) is 37.8 Å². The monoisotopic (exact) mass is 205 g/mol. The number of hydrogen-bond acceptors (Lipinski definition) is 3. The van der Waals surface area contributed by atoms with Crippen LogP contribution in [-0.2, 0) is 4.74 Å². The molecule has 0 bridgehead atoms. The Kier molecular flexibility index (Phi) is 10.6. The number of hydrogen-bond donors (Lipinski definition) is 1. The molecular weight excluding hydrogens is 182 g/mol. The molecule has 0 aromatic carbocycles. The Bertz CT molecular complexity index is 101. The van der Waals surface area contributed by atoms with Crippen LogP contribution in [0.1, 0.15) is 26.7 Å². The molecule has 0 rings (SSSR count). The van der Waals surface area contributed by atoms with Crippen molar-refractivity contribution in [3.63, 3.8) is 0 Å². The van der Waals surface area contributed by atoms with Gasteiger partial charge in [0.05, 0.1) is 0 Å². The molecule has 0 amide bonds. The predicted molar refractivity (Wildman–Crippen MR) is 61.6 cm³/mol. The molecule has 0 aromatic rings. The molecule has 0 aliphatic heterocycles. The normalized spacial score (nSPS) is 13.2. The Labute approximate surface area is 86.8 Å². The van der Waals surface area contributed by atoms with Gasteiger partial charge in [-0.05, 0) is 32.6 Å². The van der Waals surface area contributed by atoms with Crippen LogP contribution >= 0.6 is 11.8 Å². The minimum Gasteiger partial charge on any atom is -0.382 e. The van der Waals surface area contributed by atoms with Crippen molar-refractivity contribution in [3.8, 4) is 0 Å². The van der Waals surface area contributed by atoms with Gasteiger partial charge in [0.2, 0.25) is 0 Å². The Hall–Kier alpha value is 0.270. The lowest BCUT2D eigenvalue weighted by molar-refractivity contribution is 0.138. The zero-order valence-corrected chi connectivity index (χ0v) is 9.95. The fourth-order valence-electron chi connectivity index (χ4n) is 1.16. The summed E-state index contributed by atoms with van der Waals surface area (Å²) in [6, 6.07) is 0.626. The van der Waals surface area contributed by atoms with E-state index in [4.69, 9.17) is 4.74 Å². The van der Waals surface area contributed by atoms with E-state index in [2.05, 4.69) is 18.5 Å². The standard InChI is InChI=1S/C10H23NOS/c1-4-7-11-10(9-13-3)6-8-12-5-2/h10-11H,4-9H2,1-3H3. The van der Waals surface area contributed by atoms with Crippen molar-refractivity contribution in [1.82, 2.24) is 5.32 Å². The van der Waals surface area contributed by atoms with Gasteiger partial charge in [0, 0.05) is 25.0 Å². The molecule has 13 heavy (non-hydrogen) atoms. The minimum absolute atomic E-state index is 0.626. The number of nitrogens with one attached hydrogen (secondary N) is 1. The first-order valence-corrected chi connectivity index (χ1v) is 6.54. The molecule has 3 heteroatoms. The third kappa shape index (κ3) is 8.60. The Balaban J connectivity index is 3.41. The molecule has 0 aliphatic rings. The minimum atomic E-state index is 0.626. The second-order valence-corrected chi connectivity index (χ2v) is 4.00. The molecule has 0 saturated heterocycles. The van der Waals surface area contributed by atoms with Crippen LogP contribution in [0.25, 0.3) is 0 Å². The fraction of sp³-hybridized carbons (Fsp3) is 1.00. The summed E-state index contributed by atoms with van der Waals surface area (Å²) in [6.07, 6.45) is 4.50. The van der Waals surface area contributed by atoms with Gasteiger partial charge >= 0.3 is 0 Å². The van der Waals surface area contributed by atoms with Gasteiger partial charge in [0.25, 0.3) is 0 Å². The summed E-state index contributed by atoms with van der Waals surface area (Å²) in [7, 11) is 0. The van der Waals surface area contributed by atoms with Gasteiger partial charge < -0.3 is 10.1 Å². The first-order chi connectivity index (χ1) is 6.35. The van der Waals surface area contributed by atoms with Crippen molar-refractivity contribution in [2.75, 3.05) is 31.8 Å². The molecule has 0 spiro atoms. The van der Waals surface area contributed by atoms with E-state index in [0.29, 0.717) is 6.04 Å². The van der Waals surface area contributed by atoms with E-state index in [1.165, 1.54) is 12.2 Å². The van der Waals surface area contributed by atoms with Crippen molar-refractivity contribution in [3.05, 3.63) is 0 Å². The molecule has 0 aromatic heterocycles. The second kappa shape index (κ2) is 10.4. The largest absolute Gasteiger partial charge is 0.382 e. The van der Waals surface area contributed by atoms with Crippen molar-refractivity contribution < 1.29 is 4.74 Å². The van der Waals surface area contributed by atoms with E-state index in [1.807, 2.05) is 18.7 Å². The van der Waals surface area contributed by atoms with Gasteiger partial charge in [0.1, 0.15) is 0 Å². The van der Waals surface area contributed by atoms with E-state index >= 15 is 0 Å². The van der Waals surface area contributed by atoms with Crippen molar-refractivity contribution in [2.45, 2.75) is 32.7 Å². The third-order valence-corrected chi connectivity index (χ3v) is 2.60. The maximum Gasteiger partial charge on any atom is 0.0481 e. The summed E-state index contributed by atoms with van der Waals surface area (Å²) < 4.78 is 5.34. The molecule has 0 aliphatic carbocycles. The van der Waals surface area contributed by atoms with Gasteiger partial charge in [-0.2, -0.15) is 11.8 Å². The van der Waals surface area contributed by atoms with E-state index in [9.17, 15) is 0 Å². The lowest BCUT2D eigenvalue weighted by atomic mass is 10.2. The molecule has 2 nitrogen and oxygen atoms in total. The molecule has 0 saturated carbocycles. The van der Waals surface area contributed by atoms with Crippen LogP contribution in [0.2, 0.25) is 0 Å². The highest BCUT2D eigenvalue weighted by molar-refractivity contribution is 7.98. The molecule has 1 atom stereocenters. The van der Waals surface area contributed by atoms with Crippen molar-refractivity contribution in [2.24, 2.45) is 0 Å². The Morgan fingerprint density at radius 3 is 2.69 bits per heavy atom. The molecule has 1 N–H and O–H groups in total. The molecule has 1 unspecified atom stereocenters. The molecular formula is C10H23NOS. The maximum absolute atomic E-state index is 5.34. The van der Waals surface area contributed by atoms with E-state index in [0.717, 1.165) is 26.2 Å². The summed E-state index contributed by atoms with van der Waals surface area (Å²) in [5.41, 5.74) is 0. The lowest BCUT2D eigenvalue weighted by Crippen LogP contribution is -2.33. The van der Waals surface area contributed by atoms with E-state index < -0.39 is 0 Å². The van der Waals surface area contributed by atoms with Crippen LogP contribution in [0.15, 0.2) is 0 Å². The van der Waals surface area contributed by atoms with Crippen LogP contribution < -0.4 is 5.32 Å². The van der Waals surface area contributed by atoms with Gasteiger partial charge in [-0.15, -0.1) is 0 Å². The first kappa shape index (κ1) is 13.3. The van der Waals surface area contributed by atoms with Gasteiger partial charge in [-0.25, -0.2) is 0 Å². The number of rotatable bonds is 9. The van der Waals surface area contributed by atoms with Crippen LogP contribution in [0.4, 0.5) is 0 Å². The fourth-order valence-corrected chi connectivity index (χ4v) is 1.85. The van der Waals surface area contributed by atoms with Crippen molar-refractivity contribution >= 4 is 11.8 Å². The summed E-state index contributed by atoms with van der Waals surface area (Å²) in [6.45, 7) is 7.09. The molecule has 0 heterocycles. The summed E-state index contributed by atoms with van der Waals surface area (Å²) in [5, 5.41) is 3.53. The third-order valence-electron chi connectivity index (χ3n) is 1.87. The summed E-state index contributed by atoms with van der Waals surface area (Å²) >= 11 is 1.90. The van der Waals surface area contributed by atoms with Crippen molar-refractivity contribution in [1.29, 1.82) is 0 Å². The first-order valence-electron chi connectivity index (χ1n) is 5.15. The average Bonchev–Trinajstić information content (AvgIpc) is 2.14. The zero-order chi connectivity index (χ0) is 9.94. The van der Waals surface area contributed by atoms with Crippen LogP contribution in [0.3, 0.4) is 0 Å². The topological polar surface area (TPSA) is 21.3 Å². The summed E-state index contributed by atoms with van der Waals surface area (Å²) in [5.74, 6) is 1.19.